The first-order valence-corrected chi connectivity index (χ1v) is 5.30. The molecule has 0 radical (unpaired) electrons. The monoisotopic (exact) mass is 213 g/mol. The second-order valence-corrected chi connectivity index (χ2v) is 3.30. The summed E-state index contributed by atoms with van der Waals surface area (Å²) in [5.41, 5.74) is 0. The fourth-order valence-electron chi connectivity index (χ4n) is 1.09. The molecule has 4 heteroatoms. The minimum atomic E-state index is -1.01. The molecule has 0 saturated carbocycles. The molecule has 15 heavy (non-hydrogen) atoms. The fraction of sp³-hybridized carbons (Fsp3) is 0.636. The molecule has 0 aromatic carbocycles. The van der Waals surface area contributed by atoms with Crippen molar-refractivity contribution in [1.29, 1.82) is 0 Å². The van der Waals surface area contributed by atoms with Crippen LogP contribution in [0.5, 0.6) is 0 Å². The van der Waals surface area contributed by atoms with Crippen LogP contribution in [0.1, 0.15) is 39.0 Å². The average Bonchev–Trinajstić information content (AvgIpc) is 2.20. The van der Waals surface area contributed by atoms with Crippen LogP contribution in [0.2, 0.25) is 0 Å². The lowest BCUT2D eigenvalue weighted by Gasteiger charge is -2.00. The molecule has 0 unspecified atom stereocenters. The normalized spacial score (nSPS) is 10.5. The third kappa shape index (κ3) is 10.6. The first-order chi connectivity index (χ1) is 7.16. The van der Waals surface area contributed by atoms with Crippen LogP contribution in [0, 0.1) is 0 Å². The largest absolute Gasteiger partial charge is 0.480 e. The van der Waals surface area contributed by atoms with Gasteiger partial charge in [-0.2, -0.15) is 0 Å². The molecule has 1 amide bonds. The Hall–Kier alpha value is -1.32. The molecule has 0 fully saturated rings. The van der Waals surface area contributed by atoms with E-state index >= 15 is 0 Å². The lowest BCUT2D eigenvalue weighted by molar-refractivity contribution is -0.137. The number of unbranched alkanes of at least 4 members (excludes halogenated alkanes) is 2. The first kappa shape index (κ1) is 13.7. The van der Waals surface area contributed by atoms with Crippen LogP contribution in [0.3, 0.4) is 0 Å². The molecule has 0 bridgehead atoms. The number of nitrogens with one attached hydrogen (secondary N) is 1. The van der Waals surface area contributed by atoms with Crippen molar-refractivity contribution in [3.05, 3.63) is 12.2 Å². The number of carboxylic acids is 1. The highest BCUT2D eigenvalue weighted by Crippen LogP contribution is 2.00. The van der Waals surface area contributed by atoms with Crippen molar-refractivity contribution in [3.8, 4) is 0 Å². The Labute approximate surface area is 90.4 Å². The van der Waals surface area contributed by atoms with E-state index in [4.69, 9.17) is 5.11 Å². The lowest BCUT2D eigenvalue weighted by atomic mass is 10.2. The summed E-state index contributed by atoms with van der Waals surface area (Å²) in [5.74, 6) is -1.19. The predicted molar refractivity (Wildman–Crippen MR) is 58.5 cm³/mol. The minimum absolute atomic E-state index is 0.183. The van der Waals surface area contributed by atoms with Crippen LogP contribution in [0.4, 0.5) is 0 Å². The fourth-order valence-corrected chi connectivity index (χ4v) is 1.09. The van der Waals surface area contributed by atoms with Gasteiger partial charge in [0.1, 0.15) is 6.54 Å². The molecule has 0 saturated heterocycles. The molecule has 0 rings (SSSR count). The summed E-state index contributed by atoms with van der Waals surface area (Å²) >= 11 is 0. The molecule has 0 atom stereocenters. The van der Waals surface area contributed by atoms with E-state index in [1.807, 2.05) is 0 Å². The van der Waals surface area contributed by atoms with E-state index in [2.05, 4.69) is 24.4 Å². The Bertz CT molecular complexity index is 224. The number of amides is 1. The van der Waals surface area contributed by atoms with Crippen molar-refractivity contribution in [3.63, 3.8) is 0 Å². The van der Waals surface area contributed by atoms with Crippen LogP contribution in [-0.4, -0.2) is 23.5 Å². The Kier molecular flexibility index (Phi) is 8.43. The Balaban J connectivity index is 3.31. The molecule has 2 N–H and O–H groups in total. The van der Waals surface area contributed by atoms with Gasteiger partial charge in [0.05, 0.1) is 0 Å². The zero-order valence-electron chi connectivity index (χ0n) is 9.16. The maximum Gasteiger partial charge on any atom is 0.322 e. The SMILES string of the molecule is CC/C=C/CCCCC(=O)NCC(=O)O. The third-order valence-electron chi connectivity index (χ3n) is 1.86. The van der Waals surface area contributed by atoms with Gasteiger partial charge in [0.15, 0.2) is 0 Å². The summed E-state index contributed by atoms with van der Waals surface area (Å²) in [6, 6.07) is 0. The van der Waals surface area contributed by atoms with E-state index in [0.717, 1.165) is 25.7 Å². The highest BCUT2D eigenvalue weighted by atomic mass is 16.4. The van der Waals surface area contributed by atoms with Crippen LogP contribution in [0.15, 0.2) is 12.2 Å². The summed E-state index contributed by atoms with van der Waals surface area (Å²) in [7, 11) is 0. The number of hydrogen-bond donors (Lipinski definition) is 2. The van der Waals surface area contributed by atoms with Gasteiger partial charge in [-0.25, -0.2) is 0 Å². The maximum absolute atomic E-state index is 11.0. The maximum atomic E-state index is 11.0. The van der Waals surface area contributed by atoms with Crippen LogP contribution in [0.25, 0.3) is 0 Å². The Morgan fingerprint density at radius 1 is 1.27 bits per heavy atom. The van der Waals surface area contributed by atoms with Crippen LogP contribution in [-0.2, 0) is 9.59 Å². The molecule has 86 valence electrons. The van der Waals surface area contributed by atoms with Gasteiger partial charge in [-0.15, -0.1) is 0 Å². The molecule has 4 nitrogen and oxygen atoms in total. The molecule has 0 heterocycles. The van der Waals surface area contributed by atoms with E-state index < -0.39 is 5.97 Å². The number of aliphatic carboxylic acids is 1. The van der Waals surface area contributed by atoms with Crippen molar-refractivity contribution < 1.29 is 14.7 Å². The van der Waals surface area contributed by atoms with Gasteiger partial charge >= 0.3 is 5.97 Å². The molecule has 0 aromatic rings. The van der Waals surface area contributed by atoms with Crippen LogP contribution >= 0.6 is 0 Å². The number of carbonyl (C=O) groups is 2. The zero-order chi connectivity index (χ0) is 11.5. The van der Waals surface area contributed by atoms with Gasteiger partial charge in [-0.1, -0.05) is 19.1 Å². The van der Waals surface area contributed by atoms with Crippen LogP contribution < -0.4 is 5.32 Å². The highest BCUT2D eigenvalue weighted by molar-refractivity contribution is 5.80. The Morgan fingerprint density at radius 2 is 2.00 bits per heavy atom. The number of carboxylic acid groups (broad SMARTS) is 1. The van der Waals surface area contributed by atoms with Crippen molar-refractivity contribution in [1.82, 2.24) is 5.32 Å². The Morgan fingerprint density at radius 3 is 2.60 bits per heavy atom. The van der Waals surface area contributed by atoms with Gasteiger partial charge in [-0.3, -0.25) is 9.59 Å². The molecule has 0 aliphatic rings. The molecular formula is C11H19NO3. The van der Waals surface area contributed by atoms with E-state index in [0.29, 0.717) is 6.42 Å². The summed E-state index contributed by atoms with van der Waals surface area (Å²) in [4.78, 5) is 21.2. The summed E-state index contributed by atoms with van der Waals surface area (Å²) in [6.07, 6.45) is 8.42. The van der Waals surface area contributed by atoms with Gasteiger partial charge in [0, 0.05) is 6.42 Å². The number of carbonyl (C=O) groups excluding carboxylic acids is 1. The number of hydrogen-bond acceptors (Lipinski definition) is 2. The topological polar surface area (TPSA) is 66.4 Å². The quantitative estimate of drug-likeness (QED) is 0.476. The van der Waals surface area contributed by atoms with Crippen molar-refractivity contribution in [2.24, 2.45) is 0 Å². The number of allylic oxidation sites excluding steroid dienone is 2. The number of rotatable bonds is 8. The van der Waals surface area contributed by atoms with Gasteiger partial charge < -0.3 is 10.4 Å². The second kappa shape index (κ2) is 9.24. The molecule has 0 spiro atoms. The summed E-state index contributed by atoms with van der Waals surface area (Å²) in [6.45, 7) is 1.80. The van der Waals surface area contributed by atoms with Crippen molar-refractivity contribution >= 4 is 11.9 Å². The molecular weight excluding hydrogens is 194 g/mol. The molecule has 0 aliphatic carbocycles. The van der Waals surface area contributed by atoms with Crippen molar-refractivity contribution in [2.75, 3.05) is 6.54 Å². The summed E-state index contributed by atoms with van der Waals surface area (Å²) < 4.78 is 0. The average molecular weight is 213 g/mol. The van der Waals surface area contributed by atoms with E-state index in [1.54, 1.807) is 0 Å². The van der Waals surface area contributed by atoms with Crippen molar-refractivity contribution in [2.45, 2.75) is 39.0 Å². The zero-order valence-corrected chi connectivity index (χ0v) is 9.16. The van der Waals surface area contributed by atoms with Gasteiger partial charge in [0.25, 0.3) is 0 Å². The standard InChI is InChI=1S/C11H19NO3/c1-2-3-4-5-6-7-8-10(13)12-9-11(14)15/h3-4H,2,5-9H2,1H3,(H,12,13)(H,14,15)/b4-3+. The smallest absolute Gasteiger partial charge is 0.322 e. The van der Waals surface area contributed by atoms with E-state index in [1.165, 1.54) is 0 Å². The van der Waals surface area contributed by atoms with Gasteiger partial charge in [0.2, 0.25) is 5.91 Å². The molecule has 0 aliphatic heterocycles. The first-order valence-electron chi connectivity index (χ1n) is 5.30. The van der Waals surface area contributed by atoms with E-state index in [9.17, 15) is 9.59 Å². The highest BCUT2D eigenvalue weighted by Gasteiger charge is 2.02. The summed E-state index contributed by atoms with van der Waals surface area (Å²) in [5, 5.41) is 10.6. The minimum Gasteiger partial charge on any atom is -0.480 e. The second-order valence-electron chi connectivity index (χ2n) is 3.30. The van der Waals surface area contributed by atoms with E-state index in [-0.39, 0.29) is 12.5 Å². The van der Waals surface area contributed by atoms with Gasteiger partial charge in [-0.05, 0) is 25.7 Å². The predicted octanol–water partition coefficient (Wildman–Crippen LogP) is 1.71. The third-order valence-corrected chi connectivity index (χ3v) is 1.86. The molecule has 0 aromatic heterocycles. The lowest BCUT2D eigenvalue weighted by Crippen LogP contribution is -2.28.